The zero-order valence-corrected chi connectivity index (χ0v) is 13.6. The second kappa shape index (κ2) is 5.81. The zero-order chi connectivity index (χ0) is 15.1. The summed E-state index contributed by atoms with van der Waals surface area (Å²) in [6, 6.07) is 2.75. The zero-order valence-electron chi connectivity index (χ0n) is 11.3. The van der Waals surface area contributed by atoms with E-state index >= 15 is 0 Å². The lowest BCUT2D eigenvalue weighted by Crippen LogP contribution is -2.34. The first-order valence-electron chi connectivity index (χ1n) is 6.38. The van der Waals surface area contributed by atoms with E-state index in [0.717, 1.165) is 6.42 Å². The molecule has 1 aromatic rings. The first kappa shape index (κ1) is 16.0. The molecule has 0 radical (unpaired) electrons. The largest absolute Gasteiger partial charge is 0.392 e. The van der Waals surface area contributed by atoms with Gasteiger partial charge < -0.3 is 5.11 Å². The highest BCUT2D eigenvalue weighted by molar-refractivity contribution is 7.89. The third kappa shape index (κ3) is 2.83. The topological polar surface area (TPSA) is 57.6 Å². The molecule has 1 aromatic carbocycles. The number of aliphatic hydroxyl groups excluding tert-OH is 1. The molecule has 112 valence electrons. The second-order valence-corrected chi connectivity index (χ2v) is 7.97. The minimum absolute atomic E-state index is 0.0309. The van der Waals surface area contributed by atoms with Crippen LogP contribution in [0.1, 0.15) is 25.8 Å². The molecule has 2 atom stereocenters. The number of nitrogens with zero attached hydrogens (tertiary/aromatic N) is 1. The van der Waals surface area contributed by atoms with Gasteiger partial charge in [0.25, 0.3) is 0 Å². The van der Waals surface area contributed by atoms with Gasteiger partial charge in [0, 0.05) is 17.6 Å². The molecule has 2 unspecified atom stereocenters. The van der Waals surface area contributed by atoms with E-state index in [2.05, 4.69) is 0 Å². The Kier molecular flexibility index (Phi) is 4.66. The number of rotatable bonds is 3. The minimum atomic E-state index is -3.70. The van der Waals surface area contributed by atoms with Crippen LogP contribution < -0.4 is 0 Å². The molecule has 0 aliphatic carbocycles. The van der Waals surface area contributed by atoms with Crippen LogP contribution in [-0.2, 0) is 16.6 Å². The molecule has 7 heteroatoms. The predicted octanol–water partition coefficient (Wildman–Crippen LogP) is 2.90. The third-order valence-electron chi connectivity index (χ3n) is 3.56. The summed E-state index contributed by atoms with van der Waals surface area (Å²) in [5.41, 5.74) is 0.317. The summed E-state index contributed by atoms with van der Waals surface area (Å²) in [4.78, 5) is -0.0309. The van der Waals surface area contributed by atoms with Crippen LogP contribution in [0.15, 0.2) is 17.0 Å². The van der Waals surface area contributed by atoms with E-state index in [4.69, 9.17) is 23.2 Å². The van der Waals surface area contributed by atoms with Crippen molar-refractivity contribution in [2.24, 2.45) is 5.92 Å². The Labute approximate surface area is 129 Å². The molecule has 1 N–H and O–H groups in total. The molecule has 0 aromatic heterocycles. The Hall–Kier alpha value is -0.330. The Morgan fingerprint density at radius 3 is 2.50 bits per heavy atom. The maximum Gasteiger partial charge on any atom is 0.244 e. The fourth-order valence-corrected chi connectivity index (χ4v) is 5.31. The molecule has 0 amide bonds. The van der Waals surface area contributed by atoms with Gasteiger partial charge in [-0.3, -0.25) is 0 Å². The highest BCUT2D eigenvalue weighted by Gasteiger charge is 2.37. The summed E-state index contributed by atoms with van der Waals surface area (Å²) in [6.45, 7) is 4.02. The number of hydrogen-bond donors (Lipinski definition) is 1. The van der Waals surface area contributed by atoms with Gasteiger partial charge in [0.2, 0.25) is 10.0 Å². The summed E-state index contributed by atoms with van der Waals surface area (Å²) in [5.74, 6) is 0.315. The van der Waals surface area contributed by atoms with Crippen LogP contribution >= 0.6 is 23.2 Å². The first-order valence-corrected chi connectivity index (χ1v) is 8.57. The molecule has 1 saturated heterocycles. The van der Waals surface area contributed by atoms with Crippen molar-refractivity contribution in [1.29, 1.82) is 0 Å². The Morgan fingerprint density at radius 1 is 1.35 bits per heavy atom. The molecule has 1 fully saturated rings. The predicted molar refractivity (Wildman–Crippen MR) is 79.5 cm³/mol. The molecule has 1 heterocycles. The van der Waals surface area contributed by atoms with E-state index in [1.54, 1.807) is 0 Å². The van der Waals surface area contributed by atoms with Crippen LogP contribution in [0.25, 0.3) is 0 Å². The van der Waals surface area contributed by atoms with Crippen LogP contribution in [0.3, 0.4) is 0 Å². The fourth-order valence-electron chi connectivity index (χ4n) is 2.64. The molecule has 4 nitrogen and oxygen atoms in total. The van der Waals surface area contributed by atoms with Gasteiger partial charge in [-0.15, -0.1) is 0 Å². The van der Waals surface area contributed by atoms with Gasteiger partial charge >= 0.3 is 0 Å². The van der Waals surface area contributed by atoms with Gasteiger partial charge in [-0.1, -0.05) is 30.1 Å². The lowest BCUT2D eigenvalue weighted by Gasteiger charge is -2.22. The van der Waals surface area contributed by atoms with Crippen LogP contribution in [0.4, 0.5) is 0 Å². The lowest BCUT2D eigenvalue weighted by atomic mass is 10.1. The number of benzene rings is 1. The van der Waals surface area contributed by atoms with Gasteiger partial charge in [0.05, 0.1) is 11.6 Å². The van der Waals surface area contributed by atoms with Crippen molar-refractivity contribution in [2.75, 3.05) is 6.54 Å². The molecule has 0 bridgehead atoms. The highest BCUT2D eigenvalue weighted by Crippen LogP contribution is 2.35. The Morgan fingerprint density at radius 2 is 2.00 bits per heavy atom. The summed E-state index contributed by atoms with van der Waals surface area (Å²) in [6.07, 6.45) is 0.824. The summed E-state index contributed by atoms with van der Waals surface area (Å²) >= 11 is 12.0. The summed E-state index contributed by atoms with van der Waals surface area (Å²) < 4.78 is 26.9. The van der Waals surface area contributed by atoms with Crippen molar-refractivity contribution in [3.63, 3.8) is 0 Å². The average molecular weight is 338 g/mol. The number of hydrogen-bond acceptors (Lipinski definition) is 3. The van der Waals surface area contributed by atoms with Crippen LogP contribution in [0.5, 0.6) is 0 Å². The monoisotopic (exact) mass is 337 g/mol. The molecular weight excluding hydrogens is 321 g/mol. The van der Waals surface area contributed by atoms with Crippen molar-refractivity contribution >= 4 is 33.2 Å². The van der Waals surface area contributed by atoms with E-state index in [0.29, 0.717) is 18.0 Å². The highest BCUT2D eigenvalue weighted by atomic mass is 35.5. The molecule has 1 aliphatic rings. The van der Waals surface area contributed by atoms with E-state index < -0.39 is 10.0 Å². The number of sulfonamides is 1. The standard InChI is InChI=1S/C13H17Cl2NO3S/c1-8-3-9(2)16(6-8)20(18,19)12-5-11(14)4-10(7-17)13(12)15/h4-5,8-9,17H,3,6-7H2,1-2H3. The fraction of sp³-hybridized carbons (Fsp3) is 0.538. The van der Waals surface area contributed by atoms with Crippen molar-refractivity contribution in [3.05, 3.63) is 27.7 Å². The van der Waals surface area contributed by atoms with Gasteiger partial charge in [-0.05, 0) is 37.0 Å². The minimum Gasteiger partial charge on any atom is -0.392 e. The molecule has 20 heavy (non-hydrogen) atoms. The Balaban J connectivity index is 2.52. The molecule has 0 saturated carbocycles. The van der Waals surface area contributed by atoms with Crippen LogP contribution in [0.2, 0.25) is 10.0 Å². The van der Waals surface area contributed by atoms with Crippen LogP contribution in [0, 0.1) is 5.92 Å². The maximum absolute atomic E-state index is 12.7. The van der Waals surface area contributed by atoms with E-state index in [9.17, 15) is 13.5 Å². The van der Waals surface area contributed by atoms with E-state index in [-0.39, 0.29) is 27.6 Å². The lowest BCUT2D eigenvalue weighted by molar-refractivity contribution is 0.281. The van der Waals surface area contributed by atoms with Gasteiger partial charge in [0.15, 0.2) is 0 Å². The van der Waals surface area contributed by atoms with Gasteiger partial charge in [-0.25, -0.2) is 8.42 Å². The van der Waals surface area contributed by atoms with Gasteiger partial charge in [0.1, 0.15) is 4.90 Å². The average Bonchev–Trinajstić information content (AvgIpc) is 2.71. The number of halogens is 2. The molecular formula is C13H17Cl2NO3S. The maximum atomic E-state index is 12.7. The molecule has 1 aliphatic heterocycles. The van der Waals surface area contributed by atoms with Crippen molar-refractivity contribution in [3.8, 4) is 0 Å². The summed E-state index contributed by atoms with van der Waals surface area (Å²) in [7, 11) is -3.70. The van der Waals surface area contributed by atoms with Crippen molar-refractivity contribution in [1.82, 2.24) is 4.31 Å². The summed E-state index contributed by atoms with van der Waals surface area (Å²) in [5, 5.41) is 9.53. The SMILES string of the molecule is CC1CC(C)N(S(=O)(=O)c2cc(Cl)cc(CO)c2Cl)C1. The Bertz CT molecular complexity index is 618. The smallest absolute Gasteiger partial charge is 0.244 e. The van der Waals surface area contributed by atoms with E-state index in [1.807, 2.05) is 13.8 Å². The van der Waals surface area contributed by atoms with Gasteiger partial charge in [-0.2, -0.15) is 4.31 Å². The van der Waals surface area contributed by atoms with Crippen molar-refractivity contribution < 1.29 is 13.5 Å². The van der Waals surface area contributed by atoms with Crippen molar-refractivity contribution in [2.45, 2.75) is 37.8 Å². The number of aliphatic hydroxyl groups is 1. The van der Waals surface area contributed by atoms with Crippen LogP contribution in [-0.4, -0.2) is 30.4 Å². The quantitative estimate of drug-likeness (QED) is 0.922. The normalized spacial score (nSPS) is 24.2. The second-order valence-electron chi connectivity index (χ2n) is 5.30. The molecule has 2 rings (SSSR count). The van der Waals surface area contributed by atoms with E-state index in [1.165, 1.54) is 16.4 Å². The molecule has 0 spiro atoms. The third-order valence-corrected chi connectivity index (χ3v) is 6.34. The first-order chi connectivity index (χ1) is 9.27.